The maximum Gasteiger partial charge on any atom is 0.253 e. The number of methoxy groups -OCH3 is 2. The average Bonchev–Trinajstić information content (AvgIpc) is 2.68. The van der Waals surface area contributed by atoms with Gasteiger partial charge < -0.3 is 14.6 Å². The molecule has 0 bridgehead atoms. The summed E-state index contributed by atoms with van der Waals surface area (Å²) in [7, 11) is 2.97. The summed E-state index contributed by atoms with van der Waals surface area (Å²) in [5.41, 5.74) is -0.905. The quantitative estimate of drug-likeness (QED) is 0.910. The van der Waals surface area contributed by atoms with Crippen molar-refractivity contribution in [1.82, 2.24) is 0 Å². The first-order chi connectivity index (χ1) is 9.97. The molecule has 2 rings (SSSR count). The highest BCUT2D eigenvalue weighted by molar-refractivity contribution is 6.07. The van der Waals surface area contributed by atoms with E-state index in [1.54, 1.807) is 25.1 Å². The number of benzene rings is 1. The number of amides is 1. The molecular weight excluding hydrogens is 272 g/mol. The van der Waals surface area contributed by atoms with Crippen molar-refractivity contribution in [3.05, 3.63) is 29.8 Å². The van der Waals surface area contributed by atoms with Gasteiger partial charge in [-0.25, -0.2) is 0 Å². The van der Waals surface area contributed by atoms with Crippen LogP contribution < -0.4 is 14.4 Å². The molecule has 0 aliphatic carbocycles. The lowest BCUT2D eigenvalue weighted by molar-refractivity contribution is -0.116. The second-order valence-electron chi connectivity index (χ2n) is 4.69. The molecule has 21 heavy (non-hydrogen) atoms. The predicted molar refractivity (Wildman–Crippen MR) is 76.0 cm³/mol. The fourth-order valence-corrected chi connectivity index (χ4v) is 2.34. The molecule has 1 amide bonds. The van der Waals surface area contributed by atoms with E-state index in [1.165, 1.54) is 20.3 Å². The maximum atomic E-state index is 12.2. The Balaban J connectivity index is 2.59. The van der Waals surface area contributed by atoms with Crippen molar-refractivity contribution in [1.29, 1.82) is 5.26 Å². The molecule has 1 atom stereocenters. The molecule has 110 valence electrons. The Morgan fingerprint density at radius 1 is 1.38 bits per heavy atom. The van der Waals surface area contributed by atoms with Gasteiger partial charge in [0.1, 0.15) is 11.5 Å². The molecule has 1 aliphatic heterocycles. The zero-order chi connectivity index (χ0) is 15.6. The largest absolute Gasteiger partial charge is 0.497 e. The van der Waals surface area contributed by atoms with E-state index < -0.39 is 11.6 Å². The number of aliphatic hydroxyl groups is 1. The molecule has 1 unspecified atom stereocenters. The highest BCUT2D eigenvalue weighted by atomic mass is 16.5. The van der Waals surface area contributed by atoms with Gasteiger partial charge in [0.25, 0.3) is 5.91 Å². The average molecular weight is 288 g/mol. The molecule has 0 spiro atoms. The van der Waals surface area contributed by atoms with E-state index in [4.69, 9.17) is 14.7 Å². The van der Waals surface area contributed by atoms with E-state index >= 15 is 0 Å². The Morgan fingerprint density at radius 2 is 2.10 bits per heavy atom. The standard InChI is InChI=1S/C15H16N2O4/c1-10-8-14(18)17(15(10,19)6-7-16)12-9-11(20-2)4-5-13(12)21-3/h4-5,8-9,19H,6H2,1-3H3. The van der Waals surface area contributed by atoms with Crippen LogP contribution in [0.15, 0.2) is 29.8 Å². The van der Waals surface area contributed by atoms with Gasteiger partial charge in [-0.05, 0) is 24.6 Å². The summed E-state index contributed by atoms with van der Waals surface area (Å²) in [6.45, 7) is 1.61. The van der Waals surface area contributed by atoms with Crippen molar-refractivity contribution >= 4 is 11.6 Å². The van der Waals surface area contributed by atoms with Gasteiger partial charge in [-0.3, -0.25) is 9.69 Å². The van der Waals surface area contributed by atoms with Crippen molar-refractivity contribution in [2.45, 2.75) is 19.1 Å². The number of carbonyl (C=O) groups excluding carboxylic acids is 1. The van der Waals surface area contributed by atoms with Crippen LogP contribution >= 0.6 is 0 Å². The number of nitrogens with zero attached hydrogens (tertiary/aromatic N) is 2. The number of hydrogen-bond acceptors (Lipinski definition) is 5. The minimum Gasteiger partial charge on any atom is -0.497 e. The van der Waals surface area contributed by atoms with Crippen LogP contribution in [-0.4, -0.2) is 31.0 Å². The monoisotopic (exact) mass is 288 g/mol. The van der Waals surface area contributed by atoms with Crippen molar-refractivity contribution in [2.24, 2.45) is 0 Å². The van der Waals surface area contributed by atoms with E-state index in [9.17, 15) is 9.90 Å². The summed E-state index contributed by atoms with van der Waals surface area (Å²) in [6.07, 6.45) is 1.08. The van der Waals surface area contributed by atoms with E-state index in [0.717, 1.165) is 4.90 Å². The van der Waals surface area contributed by atoms with Gasteiger partial charge in [0.15, 0.2) is 5.72 Å². The zero-order valence-corrected chi connectivity index (χ0v) is 12.1. The number of ether oxygens (including phenoxy) is 2. The lowest BCUT2D eigenvalue weighted by atomic mass is 10.0. The molecule has 0 radical (unpaired) electrons. The first kappa shape index (κ1) is 14.9. The van der Waals surface area contributed by atoms with Gasteiger partial charge in [-0.1, -0.05) is 0 Å². The Hall–Kier alpha value is -2.52. The molecular formula is C15H16N2O4. The summed E-state index contributed by atoms with van der Waals surface area (Å²) in [4.78, 5) is 13.4. The number of anilines is 1. The Kier molecular flexibility index (Phi) is 3.87. The fraction of sp³-hybridized carbons (Fsp3) is 0.333. The van der Waals surface area contributed by atoms with Gasteiger partial charge >= 0.3 is 0 Å². The van der Waals surface area contributed by atoms with Gasteiger partial charge in [-0.15, -0.1) is 0 Å². The topological polar surface area (TPSA) is 82.8 Å². The van der Waals surface area contributed by atoms with Crippen LogP contribution in [0, 0.1) is 11.3 Å². The molecule has 6 nitrogen and oxygen atoms in total. The number of nitriles is 1. The molecule has 1 aromatic rings. The van der Waals surface area contributed by atoms with E-state index in [2.05, 4.69) is 0 Å². The highest BCUT2D eigenvalue weighted by Gasteiger charge is 2.46. The van der Waals surface area contributed by atoms with Gasteiger partial charge in [-0.2, -0.15) is 5.26 Å². The van der Waals surface area contributed by atoms with Crippen LogP contribution in [0.5, 0.6) is 11.5 Å². The summed E-state index contributed by atoms with van der Waals surface area (Å²) < 4.78 is 10.4. The van der Waals surface area contributed by atoms with Crippen LogP contribution in [-0.2, 0) is 4.79 Å². The zero-order valence-electron chi connectivity index (χ0n) is 12.1. The molecule has 1 heterocycles. The number of carbonyl (C=O) groups is 1. The molecule has 6 heteroatoms. The van der Waals surface area contributed by atoms with Crippen LogP contribution in [0.3, 0.4) is 0 Å². The van der Waals surface area contributed by atoms with E-state index in [-0.39, 0.29) is 6.42 Å². The predicted octanol–water partition coefficient (Wildman–Crippen LogP) is 1.60. The molecule has 1 N–H and O–H groups in total. The van der Waals surface area contributed by atoms with Crippen molar-refractivity contribution in [3.63, 3.8) is 0 Å². The summed E-state index contributed by atoms with van der Waals surface area (Å²) >= 11 is 0. The smallest absolute Gasteiger partial charge is 0.253 e. The normalized spacial score (nSPS) is 21.0. The van der Waals surface area contributed by atoms with Crippen molar-refractivity contribution in [3.8, 4) is 17.6 Å². The van der Waals surface area contributed by atoms with Crippen LogP contribution in [0.2, 0.25) is 0 Å². The Bertz CT molecular complexity index is 648. The number of hydrogen-bond donors (Lipinski definition) is 1. The molecule has 0 fully saturated rings. The first-order valence-corrected chi connectivity index (χ1v) is 6.32. The molecule has 0 aromatic heterocycles. The summed E-state index contributed by atoms with van der Waals surface area (Å²) in [6, 6.07) is 6.83. The molecule has 0 saturated heterocycles. The van der Waals surface area contributed by atoms with E-state index in [0.29, 0.717) is 22.8 Å². The lowest BCUT2D eigenvalue weighted by Gasteiger charge is -2.34. The lowest BCUT2D eigenvalue weighted by Crippen LogP contribution is -2.48. The van der Waals surface area contributed by atoms with E-state index in [1.807, 2.05) is 6.07 Å². The minimum atomic E-state index is -1.68. The number of rotatable bonds is 4. The Labute approximate surface area is 122 Å². The third kappa shape index (κ3) is 2.32. The minimum absolute atomic E-state index is 0.235. The second kappa shape index (κ2) is 5.46. The van der Waals surface area contributed by atoms with Crippen molar-refractivity contribution in [2.75, 3.05) is 19.1 Å². The Morgan fingerprint density at radius 3 is 2.67 bits per heavy atom. The van der Waals surface area contributed by atoms with Gasteiger partial charge in [0, 0.05) is 12.1 Å². The van der Waals surface area contributed by atoms with Gasteiger partial charge in [0.2, 0.25) is 0 Å². The van der Waals surface area contributed by atoms with Crippen LogP contribution in [0.1, 0.15) is 13.3 Å². The maximum absolute atomic E-state index is 12.2. The SMILES string of the molecule is COc1ccc(OC)c(N2C(=O)C=C(C)C2(O)CC#N)c1. The molecule has 1 aromatic carbocycles. The summed E-state index contributed by atoms with van der Waals surface area (Å²) in [5.74, 6) is 0.517. The highest BCUT2D eigenvalue weighted by Crippen LogP contribution is 2.41. The van der Waals surface area contributed by atoms with Crippen LogP contribution in [0.25, 0.3) is 0 Å². The summed E-state index contributed by atoms with van der Waals surface area (Å²) in [5, 5.41) is 19.7. The third-order valence-electron chi connectivity index (χ3n) is 3.51. The molecule has 1 aliphatic rings. The second-order valence-corrected chi connectivity index (χ2v) is 4.69. The van der Waals surface area contributed by atoms with Crippen molar-refractivity contribution < 1.29 is 19.4 Å². The van der Waals surface area contributed by atoms with Gasteiger partial charge in [0.05, 0.1) is 32.4 Å². The third-order valence-corrected chi connectivity index (χ3v) is 3.51. The van der Waals surface area contributed by atoms with Crippen LogP contribution in [0.4, 0.5) is 5.69 Å². The first-order valence-electron chi connectivity index (χ1n) is 6.32. The molecule has 0 saturated carbocycles. The fourth-order valence-electron chi connectivity index (χ4n) is 2.34.